The van der Waals surface area contributed by atoms with Gasteiger partial charge in [-0.25, -0.2) is 9.78 Å². The third-order valence-corrected chi connectivity index (χ3v) is 5.29. The van der Waals surface area contributed by atoms with E-state index < -0.39 is 12.1 Å². The fourth-order valence-electron chi connectivity index (χ4n) is 3.01. The molecule has 0 aliphatic carbocycles. The fraction of sp³-hybridized carbons (Fsp3) is 0.333. The maximum atomic E-state index is 12.6. The van der Waals surface area contributed by atoms with Crippen LogP contribution in [0, 0.1) is 6.92 Å². The van der Waals surface area contributed by atoms with Crippen molar-refractivity contribution in [1.82, 2.24) is 15.2 Å². The Morgan fingerprint density at radius 2 is 2.18 bits per heavy atom. The lowest BCUT2D eigenvalue weighted by Crippen LogP contribution is -2.31. The number of urea groups is 1. The molecule has 1 saturated heterocycles. The molecule has 4 rings (SSSR count). The van der Waals surface area contributed by atoms with Gasteiger partial charge in [-0.05, 0) is 31.0 Å². The van der Waals surface area contributed by atoms with Crippen molar-refractivity contribution in [2.45, 2.75) is 32.4 Å². The van der Waals surface area contributed by atoms with Crippen molar-refractivity contribution in [2.24, 2.45) is 0 Å². The average molecular weight is 402 g/mol. The molecule has 0 spiro atoms. The van der Waals surface area contributed by atoms with Crippen molar-refractivity contribution < 1.29 is 23.9 Å². The van der Waals surface area contributed by atoms with Crippen molar-refractivity contribution in [3.8, 4) is 11.5 Å². The van der Waals surface area contributed by atoms with E-state index in [1.807, 2.05) is 12.3 Å². The van der Waals surface area contributed by atoms with E-state index in [9.17, 15) is 14.4 Å². The Hall–Kier alpha value is -3.14. The molecule has 2 aromatic rings. The summed E-state index contributed by atoms with van der Waals surface area (Å²) in [7, 11) is 0. The molecule has 0 bridgehead atoms. The molecule has 146 valence electrons. The van der Waals surface area contributed by atoms with Gasteiger partial charge in [0.25, 0.3) is 5.91 Å². The van der Waals surface area contributed by atoms with Gasteiger partial charge in [-0.3, -0.25) is 14.5 Å². The van der Waals surface area contributed by atoms with Gasteiger partial charge in [0.2, 0.25) is 12.7 Å². The van der Waals surface area contributed by atoms with Gasteiger partial charge in [-0.2, -0.15) is 0 Å². The molecule has 1 aromatic heterocycles. The van der Waals surface area contributed by atoms with E-state index in [2.05, 4.69) is 15.6 Å². The Bertz CT molecular complexity index is 944. The van der Waals surface area contributed by atoms with Crippen LogP contribution in [0.15, 0.2) is 23.6 Å². The second-order valence-electron chi connectivity index (χ2n) is 6.49. The SMILES string of the molecule is Cc1csc(NC(=O)CC[C@H]2NC(=O)N(Cc3ccc4c(c3)OCO4)C2=O)n1. The Morgan fingerprint density at radius 1 is 1.36 bits per heavy atom. The minimum Gasteiger partial charge on any atom is -0.454 e. The number of hydrogen-bond donors (Lipinski definition) is 2. The van der Waals surface area contributed by atoms with Crippen LogP contribution in [0.5, 0.6) is 11.5 Å². The van der Waals surface area contributed by atoms with Gasteiger partial charge in [0.15, 0.2) is 16.6 Å². The molecule has 0 unspecified atom stereocenters. The van der Waals surface area contributed by atoms with E-state index in [1.165, 1.54) is 11.3 Å². The smallest absolute Gasteiger partial charge is 0.325 e. The third-order valence-electron chi connectivity index (χ3n) is 4.41. The minimum atomic E-state index is -0.717. The lowest BCUT2D eigenvalue weighted by Gasteiger charge is -2.13. The van der Waals surface area contributed by atoms with Crippen LogP contribution in [0.2, 0.25) is 0 Å². The number of hydrogen-bond acceptors (Lipinski definition) is 7. The number of anilines is 1. The predicted molar refractivity (Wildman–Crippen MR) is 100 cm³/mol. The molecule has 2 aliphatic rings. The summed E-state index contributed by atoms with van der Waals surface area (Å²) in [5, 5.41) is 7.69. The molecular weight excluding hydrogens is 384 g/mol. The summed E-state index contributed by atoms with van der Waals surface area (Å²) in [6, 6.07) is 4.09. The van der Waals surface area contributed by atoms with Crippen LogP contribution in [-0.4, -0.2) is 40.6 Å². The van der Waals surface area contributed by atoms with Gasteiger partial charge in [0.1, 0.15) is 6.04 Å². The first-order chi connectivity index (χ1) is 13.5. The number of aromatic nitrogens is 1. The van der Waals surface area contributed by atoms with Gasteiger partial charge < -0.3 is 20.1 Å². The first-order valence-electron chi connectivity index (χ1n) is 8.72. The molecule has 0 saturated carbocycles. The monoisotopic (exact) mass is 402 g/mol. The van der Waals surface area contributed by atoms with E-state index in [4.69, 9.17) is 9.47 Å². The molecule has 4 amide bonds. The quantitative estimate of drug-likeness (QED) is 0.716. The van der Waals surface area contributed by atoms with Crippen molar-refractivity contribution in [3.63, 3.8) is 0 Å². The number of imide groups is 1. The van der Waals surface area contributed by atoms with Gasteiger partial charge in [0, 0.05) is 11.8 Å². The fourth-order valence-corrected chi connectivity index (χ4v) is 3.72. The number of aryl methyl sites for hydroxylation is 1. The first kappa shape index (κ1) is 18.2. The Balaban J connectivity index is 1.32. The molecule has 3 heterocycles. The summed E-state index contributed by atoms with van der Waals surface area (Å²) in [4.78, 5) is 42.1. The molecular formula is C18H18N4O5S. The lowest BCUT2D eigenvalue weighted by atomic mass is 10.1. The topological polar surface area (TPSA) is 110 Å². The van der Waals surface area contributed by atoms with Gasteiger partial charge >= 0.3 is 6.03 Å². The molecule has 10 heteroatoms. The number of nitrogens with zero attached hydrogens (tertiary/aromatic N) is 2. The summed E-state index contributed by atoms with van der Waals surface area (Å²) in [6.45, 7) is 2.13. The highest BCUT2D eigenvalue weighted by atomic mass is 32.1. The van der Waals surface area contributed by atoms with Crippen LogP contribution in [0.1, 0.15) is 24.1 Å². The highest BCUT2D eigenvalue weighted by Gasteiger charge is 2.38. The van der Waals surface area contributed by atoms with E-state index in [1.54, 1.807) is 18.2 Å². The molecule has 1 atom stereocenters. The van der Waals surface area contributed by atoms with Crippen LogP contribution in [0.25, 0.3) is 0 Å². The number of carbonyl (C=O) groups excluding carboxylic acids is 3. The number of nitrogens with one attached hydrogen (secondary N) is 2. The maximum Gasteiger partial charge on any atom is 0.325 e. The average Bonchev–Trinajstić information content (AvgIpc) is 3.36. The standard InChI is InChI=1S/C18H18N4O5S/c1-10-8-28-17(19-10)21-15(23)5-3-12-16(24)22(18(25)20-12)7-11-2-4-13-14(6-11)27-9-26-13/h2,4,6,8,12H,3,5,7,9H2,1H3,(H,20,25)(H,19,21,23)/t12-/m1/s1. The first-order valence-corrected chi connectivity index (χ1v) is 9.60. The number of carbonyl (C=O) groups is 3. The molecule has 9 nitrogen and oxygen atoms in total. The second kappa shape index (κ2) is 7.47. The summed E-state index contributed by atoms with van der Waals surface area (Å²) in [6.07, 6.45) is 0.325. The number of fused-ring (bicyclic) bond motifs is 1. The Morgan fingerprint density at radius 3 is 2.96 bits per heavy atom. The molecule has 2 N–H and O–H groups in total. The van der Waals surface area contributed by atoms with Crippen molar-refractivity contribution >= 4 is 34.3 Å². The van der Waals surface area contributed by atoms with Crippen LogP contribution in [0.3, 0.4) is 0 Å². The van der Waals surface area contributed by atoms with E-state index in [0.29, 0.717) is 16.6 Å². The zero-order chi connectivity index (χ0) is 19.7. The van der Waals surface area contributed by atoms with E-state index >= 15 is 0 Å². The molecule has 2 aliphatic heterocycles. The lowest BCUT2D eigenvalue weighted by molar-refractivity contribution is -0.128. The summed E-state index contributed by atoms with van der Waals surface area (Å²) < 4.78 is 10.6. The van der Waals surface area contributed by atoms with Crippen LogP contribution < -0.4 is 20.1 Å². The minimum absolute atomic E-state index is 0.104. The highest BCUT2D eigenvalue weighted by Crippen LogP contribution is 2.33. The number of thiazole rings is 1. The van der Waals surface area contributed by atoms with Crippen molar-refractivity contribution in [2.75, 3.05) is 12.1 Å². The zero-order valence-electron chi connectivity index (χ0n) is 15.1. The summed E-state index contributed by atoms with van der Waals surface area (Å²) >= 11 is 1.34. The molecule has 1 fully saturated rings. The van der Waals surface area contributed by atoms with Gasteiger partial charge in [-0.1, -0.05) is 6.07 Å². The Labute approximate surface area is 164 Å². The van der Waals surface area contributed by atoms with Gasteiger partial charge in [0.05, 0.1) is 12.2 Å². The third kappa shape index (κ3) is 3.77. The zero-order valence-corrected chi connectivity index (χ0v) is 15.9. The van der Waals surface area contributed by atoms with Crippen molar-refractivity contribution in [3.05, 3.63) is 34.8 Å². The summed E-state index contributed by atoms with van der Waals surface area (Å²) in [5.41, 5.74) is 1.59. The number of rotatable bonds is 6. The van der Waals surface area contributed by atoms with Crippen LogP contribution in [0.4, 0.5) is 9.93 Å². The van der Waals surface area contributed by atoms with Crippen LogP contribution >= 0.6 is 11.3 Å². The molecule has 0 radical (unpaired) electrons. The normalized spacial score (nSPS) is 17.8. The number of amides is 4. The van der Waals surface area contributed by atoms with E-state index in [-0.39, 0.29) is 38.0 Å². The molecule has 28 heavy (non-hydrogen) atoms. The predicted octanol–water partition coefficient (Wildman–Crippen LogP) is 2.02. The number of benzene rings is 1. The van der Waals surface area contributed by atoms with Crippen LogP contribution in [-0.2, 0) is 16.1 Å². The number of ether oxygens (including phenoxy) is 2. The van der Waals surface area contributed by atoms with Crippen molar-refractivity contribution in [1.29, 1.82) is 0 Å². The largest absolute Gasteiger partial charge is 0.454 e. The van der Waals surface area contributed by atoms with Gasteiger partial charge in [-0.15, -0.1) is 11.3 Å². The molecule has 1 aromatic carbocycles. The van der Waals surface area contributed by atoms with E-state index in [0.717, 1.165) is 16.2 Å². The maximum absolute atomic E-state index is 12.6. The highest BCUT2D eigenvalue weighted by molar-refractivity contribution is 7.13. The second-order valence-corrected chi connectivity index (χ2v) is 7.35. The Kier molecular flexibility index (Phi) is 4.86. The summed E-state index contributed by atoms with van der Waals surface area (Å²) in [5.74, 6) is 0.640.